The van der Waals surface area contributed by atoms with Gasteiger partial charge in [0, 0.05) is 11.7 Å². The van der Waals surface area contributed by atoms with Crippen LogP contribution in [-0.2, 0) is 25.7 Å². The van der Waals surface area contributed by atoms with Crippen molar-refractivity contribution in [3.05, 3.63) is 59.7 Å². The van der Waals surface area contributed by atoms with E-state index in [9.17, 15) is 31.2 Å². The molecule has 2 aromatic carbocycles. The van der Waals surface area contributed by atoms with Crippen molar-refractivity contribution in [3.63, 3.8) is 0 Å². The lowest BCUT2D eigenvalue weighted by atomic mass is 10.2. The highest BCUT2D eigenvalue weighted by molar-refractivity contribution is 7.89. The summed E-state index contributed by atoms with van der Waals surface area (Å²) in [5, 5.41) is 2.21. The van der Waals surface area contributed by atoms with Gasteiger partial charge in [0.1, 0.15) is 0 Å². The number of alkyl halides is 3. The van der Waals surface area contributed by atoms with Gasteiger partial charge in [-0.2, -0.15) is 13.2 Å². The predicted molar refractivity (Wildman–Crippen MR) is 100 cm³/mol. The summed E-state index contributed by atoms with van der Waals surface area (Å²) in [5.74, 6) is -1.70. The molecule has 0 aliphatic heterocycles. The smallest absolute Gasteiger partial charge is 0.416 e. The van der Waals surface area contributed by atoms with Crippen molar-refractivity contribution >= 4 is 27.6 Å². The number of halogens is 3. The summed E-state index contributed by atoms with van der Waals surface area (Å²) in [6, 6.07) is 8.93. The van der Waals surface area contributed by atoms with Gasteiger partial charge in [-0.25, -0.2) is 17.9 Å². The van der Waals surface area contributed by atoms with Crippen molar-refractivity contribution in [2.24, 2.45) is 0 Å². The van der Waals surface area contributed by atoms with E-state index in [1.165, 1.54) is 30.3 Å². The molecule has 1 aliphatic carbocycles. The van der Waals surface area contributed by atoms with E-state index in [0.29, 0.717) is 0 Å². The first kappa shape index (κ1) is 21.8. The Morgan fingerprint density at radius 2 is 1.73 bits per heavy atom. The zero-order valence-corrected chi connectivity index (χ0v) is 16.2. The molecule has 0 spiro atoms. The standard InChI is InChI=1S/C19H17F3N2O5S/c20-19(21,22)13-2-1-3-15(10-13)23-17(25)11-29-18(26)12-4-8-16(9-5-12)30(27,28)24-14-6-7-14/h1-5,8-10,14,24H,6-7,11H2,(H,23,25). The quantitative estimate of drug-likeness (QED) is 0.642. The van der Waals surface area contributed by atoms with E-state index in [1.54, 1.807) is 0 Å². The lowest BCUT2D eigenvalue weighted by Crippen LogP contribution is -2.25. The van der Waals surface area contributed by atoms with Crippen molar-refractivity contribution in [3.8, 4) is 0 Å². The van der Waals surface area contributed by atoms with E-state index < -0.39 is 40.2 Å². The van der Waals surface area contributed by atoms with Crippen LogP contribution in [0, 0.1) is 0 Å². The molecule has 1 aliphatic rings. The van der Waals surface area contributed by atoms with Gasteiger partial charge in [0.15, 0.2) is 6.61 Å². The number of sulfonamides is 1. The fraction of sp³-hybridized carbons (Fsp3) is 0.263. The Bertz CT molecular complexity index is 1050. The van der Waals surface area contributed by atoms with Crippen LogP contribution in [0.15, 0.2) is 53.4 Å². The largest absolute Gasteiger partial charge is 0.452 e. The molecular formula is C19H17F3N2O5S. The lowest BCUT2D eigenvalue weighted by Gasteiger charge is -2.10. The second-order valence-electron chi connectivity index (χ2n) is 6.62. The van der Waals surface area contributed by atoms with Crippen LogP contribution in [0.2, 0.25) is 0 Å². The topological polar surface area (TPSA) is 102 Å². The second kappa shape index (κ2) is 8.44. The van der Waals surface area contributed by atoms with Crippen molar-refractivity contribution in [1.82, 2.24) is 4.72 Å². The first-order chi connectivity index (χ1) is 14.0. The molecule has 0 radical (unpaired) electrons. The van der Waals surface area contributed by atoms with Crippen molar-refractivity contribution in [2.45, 2.75) is 30.0 Å². The maximum atomic E-state index is 12.7. The molecule has 1 saturated carbocycles. The normalized spacial score (nSPS) is 14.2. The minimum absolute atomic E-state index is 0.00626. The van der Waals surface area contributed by atoms with E-state index in [-0.39, 0.29) is 22.2 Å². The molecule has 0 unspecified atom stereocenters. The number of anilines is 1. The van der Waals surface area contributed by atoms with E-state index >= 15 is 0 Å². The zero-order chi connectivity index (χ0) is 21.9. The number of rotatable bonds is 7. The van der Waals surface area contributed by atoms with Crippen molar-refractivity contribution < 1.29 is 35.9 Å². The summed E-state index contributed by atoms with van der Waals surface area (Å²) in [6.45, 7) is -0.724. The molecule has 3 rings (SSSR count). The molecule has 160 valence electrons. The van der Waals surface area contributed by atoms with Crippen molar-refractivity contribution in [2.75, 3.05) is 11.9 Å². The van der Waals surface area contributed by atoms with Crippen LogP contribution >= 0.6 is 0 Å². The summed E-state index contributed by atoms with van der Waals surface area (Å²) in [7, 11) is -3.66. The Kier molecular flexibility index (Phi) is 6.13. The number of ether oxygens (including phenoxy) is 1. The van der Waals surface area contributed by atoms with Gasteiger partial charge < -0.3 is 10.1 Å². The fourth-order valence-electron chi connectivity index (χ4n) is 2.44. The minimum atomic E-state index is -4.55. The second-order valence-corrected chi connectivity index (χ2v) is 8.34. The molecule has 1 amide bonds. The Morgan fingerprint density at radius 3 is 2.33 bits per heavy atom. The van der Waals surface area contributed by atoms with Gasteiger partial charge in [0.25, 0.3) is 5.91 Å². The maximum Gasteiger partial charge on any atom is 0.416 e. The van der Waals surface area contributed by atoms with Crippen LogP contribution in [0.3, 0.4) is 0 Å². The molecule has 0 bridgehead atoms. The molecular weight excluding hydrogens is 425 g/mol. The first-order valence-corrected chi connectivity index (χ1v) is 10.3. The van der Waals surface area contributed by atoms with Gasteiger partial charge >= 0.3 is 12.1 Å². The summed E-state index contributed by atoms with van der Waals surface area (Å²) in [6.07, 6.45) is -2.99. The number of carbonyl (C=O) groups is 2. The van der Waals surface area contributed by atoms with E-state index in [0.717, 1.165) is 31.0 Å². The molecule has 30 heavy (non-hydrogen) atoms. The van der Waals surface area contributed by atoms with Crippen LogP contribution in [0.4, 0.5) is 18.9 Å². The number of esters is 1. The van der Waals surface area contributed by atoms with Gasteiger partial charge in [-0.1, -0.05) is 6.07 Å². The van der Waals surface area contributed by atoms with Crippen LogP contribution in [0.25, 0.3) is 0 Å². The third-order valence-corrected chi connectivity index (χ3v) is 5.64. The highest BCUT2D eigenvalue weighted by atomic mass is 32.2. The van der Waals surface area contributed by atoms with Gasteiger partial charge in [0.2, 0.25) is 10.0 Å². The Labute approximate surface area is 170 Å². The first-order valence-electron chi connectivity index (χ1n) is 8.81. The summed E-state index contributed by atoms with van der Waals surface area (Å²) < 4.78 is 69.6. The molecule has 0 heterocycles. The van der Waals surface area contributed by atoms with Crippen LogP contribution in [0.5, 0.6) is 0 Å². The predicted octanol–water partition coefficient (Wildman–Crippen LogP) is 2.94. The number of hydrogen-bond donors (Lipinski definition) is 2. The zero-order valence-electron chi connectivity index (χ0n) is 15.4. The molecule has 2 N–H and O–H groups in total. The summed E-state index contributed by atoms with van der Waals surface area (Å²) >= 11 is 0. The molecule has 0 saturated heterocycles. The fourth-order valence-corrected chi connectivity index (χ4v) is 3.75. The Morgan fingerprint density at radius 1 is 1.07 bits per heavy atom. The van der Waals surface area contributed by atoms with E-state index in [4.69, 9.17) is 4.74 Å². The summed E-state index contributed by atoms with van der Waals surface area (Å²) in [5.41, 5.74) is -1.00. The highest BCUT2D eigenvalue weighted by Crippen LogP contribution is 2.30. The van der Waals surface area contributed by atoms with Crippen LogP contribution in [-0.4, -0.2) is 32.9 Å². The van der Waals surface area contributed by atoms with Gasteiger partial charge in [0.05, 0.1) is 16.0 Å². The molecule has 11 heteroatoms. The Hall–Kier alpha value is -2.92. The third kappa shape index (κ3) is 5.80. The number of carbonyl (C=O) groups excluding carboxylic acids is 2. The van der Waals surface area contributed by atoms with E-state index in [2.05, 4.69) is 10.0 Å². The van der Waals surface area contributed by atoms with Crippen LogP contribution in [0.1, 0.15) is 28.8 Å². The number of nitrogens with one attached hydrogen (secondary N) is 2. The minimum Gasteiger partial charge on any atom is -0.452 e. The molecule has 7 nitrogen and oxygen atoms in total. The number of benzene rings is 2. The average molecular weight is 442 g/mol. The lowest BCUT2D eigenvalue weighted by molar-refractivity contribution is -0.137. The van der Waals surface area contributed by atoms with Gasteiger partial charge in [-0.3, -0.25) is 4.79 Å². The number of amides is 1. The van der Waals surface area contributed by atoms with Crippen molar-refractivity contribution in [1.29, 1.82) is 0 Å². The number of hydrogen-bond acceptors (Lipinski definition) is 5. The molecule has 0 atom stereocenters. The van der Waals surface area contributed by atoms with Crippen LogP contribution < -0.4 is 10.0 Å². The molecule has 1 fully saturated rings. The maximum absolute atomic E-state index is 12.7. The summed E-state index contributed by atoms with van der Waals surface area (Å²) in [4.78, 5) is 23.9. The molecule has 2 aromatic rings. The van der Waals surface area contributed by atoms with Gasteiger partial charge in [-0.15, -0.1) is 0 Å². The van der Waals surface area contributed by atoms with E-state index in [1.807, 2.05) is 0 Å². The SMILES string of the molecule is O=C(COC(=O)c1ccc(S(=O)(=O)NC2CC2)cc1)Nc1cccc(C(F)(F)F)c1. The average Bonchev–Trinajstić information content (AvgIpc) is 3.49. The Balaban J connectivity index is 1.54. The highest BCUT2D eigenvalue weighted by Gasteiger charge is 2.30. The third-order valence-electron chi connectivity index (χ3n) is 4.11. The monoisotopic (exact) mass is 442 g/mol. The van der Waals surface area contributed by atoms with Gasteiger partial charge in [-0.05, 0) is 55.3 Å². The molecule has 0 aromatic heterocycles.